The van der Waals surface area contributed by atoms with Crippen LogP contribution in [0.4, 0.5) is 0 Å². The molecule has 0 saturated heterocycles. The summed E-state index contributed by atoms with van der Waals surface area (Å²) in [5.41, 5.74) is 2.21. The predicted octanol–water partition coefficient (Wildman–Crippen LogP) is 3.40. The number of rotatable bonds is 5. The molecule has 178 valence electrons. The fraction of sp³-hybridized carbons (Fsp3) is 0.222. The Morgan fingerprint density at radius 3 is 2.60 bits per heavy atom. The van der Waals surface area contributed by atoms with Crippen LogP contribution >= 0.6 is 0 Å². The average molecular weight is 472 g/mol. The monoisotopic (exact) mass is 472 g/mol. The summed E-state index contributed by atoms with van der Waals surface area (Å²) in [6, 6.07) is 15.6. The average Bonchev–Trinajstić information content (AvgIpc) is 2.83. The third-order valence-electron chi connectivity index (χ3n) is 6.47. The van der Waals surface area contributed by atoms with E-state index in [1.54, 1.807) is 55.0 Å². The van der Waals surface area contributed by atoms with Crippen molar-refractivity contribution >= 4 is 16.9 Å². The van der Waals surface area contributed by atoms with Crippen LogP contribution < -0.4 is 20.6 Å². The summed E-state index contributed by atoms with van der Waals surface area (Å²) in [5, 5.41) is 10.3. The topological polar surface area (TPSA) is 111 Å². The Balaban J connectivity index is 1.59. The largest absolute Gasteiger partial charge is 0.508 e. The second-order valence-corrected chi connectivity index (χ2v) is 8.67. The number of fused-ring (bicyclic) bond motifs is 2. The second-order valence-electron chi connectivity index (χ2n) is 8.67. The maximum atomic E-state index is 13.7. The first-order chi connectivity index (χ1) is 16.8. The van der Waals surface area contributed by atoms with E-state index in [9.17, 15) is 19.5 Å². The summed E-state index contributed by atoms with van der Waals surface area (Å²) in [6.07, 6.45) is 0.469. The fourth-order valence-electron chi connectivity index (χ4n) is 4.62. The van der Waals surface area contributed by atoms with Crippen molar-refractivity contribution in [3.8, 4) is 17.2 Å². The van der Waals surface area contributed by atoms with Crippen molar-refractivity contribution in [1.29, 1.82) is 0 Å². The zero-order valence-corrected chi connectivity index (χ0v) is 19.3. The lowest BCUT2D eigenvalue weighted by Crippen LogP contribution is -2.35. The minimum absolute atomic E-state index is 0.103. The van der Waals surface area contributed by atoms with Crippen LogP contribution in [0.1, 0.15) is 34.7 Å². The van der Waals surface area contributed by atoms with Gasteiger partial charge in [-0.25, -0.2) is 0 Å². The molecule has 1 unspecified atom stereocenters. The Hall–Kier alpha value is -4.33. The lowest BCUT2D eigenvalue weighted by atomic mass is 9.87. The second kappa shape index (κ2) is 8.79. The highest BCUT2D eigenvalue weighted by Crippen LogP contribution is 2.36. The number of esters is 1. The summed E-state index contributed by atoms with van der Waals surface area (Å²) < 4.78 is 12.3. The Labute approximate surface area is 200 Å². The SMILES string of the molecule is COc1ccc2cc(C3CC(=O)Oc4cc(C)n(CCc5ccc(O)cc5)c(=O)c43)c(=O)[nH]c2c1. The molecule has 0 fully saturated rings. The molecule has 2 aromatic heterocycles. The normalized spacial score (nSPS) is 15.0. The highest BCUT2D eigenvalue weighted by Gasteiger charge is 2.34. The van der Waals surface area contributed by atoms with Crippen LogP contribution in [-0.2, 0) is 17.8 Å². The van der Waals surface area contributed by atoms with E-state index in [-0.39, 0.29) is 29.0 Å². The predicted molar refractivity (Wildman–Crippen MR) is 130 cm³/mol. The van der Waals surface area contributed by atoms with Crippen molar-refractivity contribution < 1.29 is 19.4 Å². The van der Waals surface area contributed by atoms with Crippen LogP contribution in [0.5, 0.6) is 17.2 Å². The van der Waals surface area contributed by atoms with Gasteiger partial charge in [0.2, 0.25) is 0 Å². The van der Waals surface area contributed by atoms with Gasteiger partial charge in [-0.15, -0.1) is 0 Å². The Kier molecular flexibility index (Phi) is 5.64. The number of carbonyl (C=O) groups excluding carboxylic acids is 1. The molecular formula is C27H24N2O6. The fourth-order valence-corrected chi connectivity index (χ4v) is 4.62. The number of phenolic OH excluding ortho intramolecular Hbond substituents is 1. The van der Waals surface area contributed by atoms with Crippen molar-refractivity contribution in [2.45, 2.75) is 32.2 Å². The van der Waals surface area contributed by atoms with E-state index in [4.69, 9.17) is 9.47 Å². The first-order valence-electron chi connectivity index (χ1n) is 11.3. The molecule has 0 radical (unpaired) electrons. The van der Waals surface area contributed by atoms with Gasteiger partial charge in [0.15, 0.2) is 0 Å². The van der Waals surface area contributed by atoms with Crippen molar-refractivity contribution in [2.75, 3.05) is 7.11 Å². The lowest BCUT2D eigenvalue weighted by Gasteiger charge is -2.26. The molecule has 35 heavy (non-hydrogen) atoms. The van der Waals surface area contributed by atoms with Crippen LogP contribution in [0, 0.1) is 6.92 Å². The Bertz CT molecular complexity index is 1570. The number of benzene rings is 2. The number of methoxy groups -OCH3 is 1. The molecule has 0 bridgehead atoms. The van der Waals surface area contributed by atoms with E-state index in [0.29, 0.717) is 41.1 Å². The Morgan fingerprint density at radius 1 is 1.09 bits per heavy atom. The number of hydrogen-bond donors (Lipinski definition) is 2. The molecule has 3 heterocycles. The number of carbonyl (C=O) groups is 1. The van der Waals surface area contributed by atoms with Crippen molar-refractivity contribution in [3.05, 3.63) is 97.7 Å². The Morgan fingerprint density at radius 2 is 1.86 bits per heavy atom. The summed E-state index contributed by atoms with van der Waals surface area (Å²) in [4.78, 5) is 42.0. The smallest absolute Gasteiger partial charge is 0.312 e. The molecule has 2 aromatic carbocycles. The minimum Gasteiger partial charge on any atom is -0.508 e. The van der Waals surface area contributed by atoms with Crippen LogP contribution in [-0.4, -0.2) is 27.7 Å². The quantitative estimate of drug-likeness (QED) is 0.431. The van der Waals surface area contributed by atoms with Gasteiger partial charge in [-0.1, -0.05) is 12.1 Å². The highest BCUT2D eigenvalue weighted by molar-refractivity contribution is 5.82. The molecule has 2 N–H and O–H groups in total. The van der Waals surface area contributed by atoms with E-state index in [1.165, 1.54) is 0 Å². The zero-order valence-electron chi connectivity index (χ0n) is 19.3. The number of hydrogen-bond acceptors (Lipinski definition) is 6. The number of aryl methyl sites for hydroxylation is 2. The van der Waals surface area contributed by atoms with Gasteiger partial charge in [0.1, 0.15) is 17.2 Å². The first kappa shape index (κ1) is 22.5. The zero-order chi connectivity index (χ0) is 24.7. The van der Waals surface area contributed by atoms with Gasteiger partial charge >= 0.3 is 5.97 Å². The summed E-state index contributed by atoms with van der Waals surface area (Å²) in [5.74, 6) is -0.227. The molecule has 0 amide bonds. The molecule has 0 aliphatic carbocycles. The molecule has 1 aliphatic heterocycles. The third kappa shape index (κ3) is 4.19. The molecule has 8 heteroatoms. The van der Waals surface area contributed by atoms with Gasteiger partial charge in [-0.2, -0.15) is 0 Å². The molecule has 8 nitrogen and oxygen atoms in total. The molecule has 4 aromatic rings. The van der Waals surface area contributed by atoms with E-state index in [1.807, 2.05) is 18.2 Å². The summed E-state index contributed by atoms with van der Waals surface area (Å²) in [6.45, 7) is 2.18. The van der Waals surface area contributed by atoms with E-state index >= 15 is 0 Å². The number of phenols is 1. The lowest BCUT2D eigenvalue weighted by molar-refractivity contribution is -0.135. The summed E-state index contributed by atoms with van der Waals surface area (Å²) in [7, 11) is 1.55. The number of aromatic hydroxyl groups is 1. The number of H-pyrrole nitrogens is 1. The van der Waals surface area contributed by atoms with Gasteiger partial charge in [-0.3, -0.25) is 14.4 Å². The molecule has 0 spiro atoms. The number of pyridine rings is 2. The maximum absolute atomic E-state index is 13.7. The van der Waals surface area contributed by atoms with Crippen LogP contribution in [0.3, 0.4) is 0 Å². The van der Waals surface area contributed by atoms with E-state index < -0.39 is 11.9 Å². The van der Waals surface area contributed by atoms with Crippen molar-refractivity contribution in [2.24, 2.45) is 0 Å². The number of aromatic amines is 1. The van der Waals surface area contributed by atoms with Gasteiger partial charge in [0.25, 0.3) is 11.1 Å². The number of nitrogens with one attached hydrogen (secondary N) is 1. The van der Waals surface area contributed by atoms with Crippen LogP contribution in [0.25, 0.3) is 10.9 Å². The summed E-state index contributed by atoms with van der Waals surface area (Å²) >= 11 is 0. The number of nitrogens with zero attached hydrogens (tertiary/aromatic N) is 1. The minimum atomic E-state index is -0.727. The molecule has 1 atom stereocenters. The third-order valence-corrected chi connectivity index (χ3v) is 6.47. The number of ether oxygens (including phenoxy) is 2. The van der Waals surface area contributed by atoms with Gasteiger partial charge in [-0.05, 0) is 54.6 Å². The van der Waals surface area contributed by atoms with Gasteiger partial charge in [0.05, 0.1) is 24.6 Å². The van der Waals surface area contributed by atoms with E-state index in [2.05, 4.69) is 4.98 Å². The molecule has 1 aliphatic rings. The number of aromatic nitrogens is 2. The van der Waals surface area contributed by atoms with Crippen molar-refractivity contribution in [3.63, 3.8) is 0 Å². The van der Waals surface area contributed by atoms with E-state index in [0.717, 1.165) is 10.9 Å². The molecule has 5 rings (SSSR count). The standard InChI is InChI=1S/C27H24N2O6/c1-15-11-23-25(27(33)29(15)10-9-16-3-6-18(30)7-4-16)20(14-24(31)35-23)21-12-17-5-8-19(34-2)13-22(17)28-26(21)32/h3-8,11-13,20,30H,9-10,14H2,1-2H3,(H,28,32). The molecular weight excluding hydrogens is 448 g/mol. The first-order valence-corrected chi connectivity index (χ1v) is 11.3. The van der Waals surface area contributed by atoms with Gasteiger partial charge in [0, 0.05) is 35.9 Å². The molecule has 0 saturated carbocycles. The van der Waals surface area contributed by atoms with Gasteiger partial charge < -0.3 is 24.1 Å². The van der Waals surface area contributed by atoms with Crippen molar-refractivity contribution in [1.82, 2.24) is 9.55 Å². The van der Waals surface area contributed by atoms with Crippen LogP contribution in [0.15, 0.2) is 64.2 Å². The van der Waals surface area contributed by atoms with Crippen LogP contribution in [0.2, 0.25) is 0 Å². The highest BCUT2D eigenvalue weighted by atomic mass is 16.5. The maximum Gasteiger partial charge on any atom is 0.312 e.